The van der Waals surface area contributed by atoms with E-state index in [2.05, 4.69) is 0 Å². The van der Waals surface area contributed by atoms with E-state index in [9.17, 15) is 9.59 Å². The third-order valence-electron chi connectivity index (χ3n) is 2.11. The Bertz CT molecular complexity index is 206. The Morgan fingerprint density at radius 2 is 2.07 bits per heavy atom. The highest BCUT2D eigenvalue weighted by atomic mass is 16.4. The molecule has 82 valence electrons. The lowest BCUT2D eigenvalue weighted by Gasteiger charge is -2.26. The van der Waals surface area contributed by atoms with Crippen LogP contribution in [0.5, 0.6) is 0 Å². The van der Waals surface area contributed by atoms with E-state index < -0.39 is 5.97 Å². The van der Waals surface area contributed by atoms with Gasteiger partial charge in [-0.1, -0.05) is 6.92 Å². The summed E-state index contributed by atoms with van der Waals surface area (Å²) >= 11 is 0. The highest BCUT2D eigenvalue weighted by molar-refractivity contribution is 5.81. The van der Waals surface area contributed by atoms with Crippen LogP contribution in [0.4, 0.5) is 0 Å². The molecule has 0 aromatic carbocycles. The molecule has 0 aliphatic rings. The largest absolute Gasteiger partial charge is 0.480 e. The number of nitrogens with two attached hydrogens (primary N) is 1. The maximum absolute atomic E-state index is 11.5. The number of carbonyl (C=O) groups excluding carboxylic acids is 1. The van der Waals surface area contributed by atoms with Crippen molar-refractivity contribution in [2.75, 3.05) is 13.1 Å². The Morgan fingerprint density at radius 3 is 2.43 bits per heavy atom. The number of carboxylic acids is 1. The van der Waals surface area contributed by atoms with Gasteiger partial charge in [-0.15, -0.1) is 0 Å². The van der Waals surface area contributed by atoms with E-state index in [4.69, 9.17) is 10.8 Å². The lowest BCUT2D eigenvalue weighted by atomic mass is 10.2. The fourth-order valence-corrected chi connectivity index (χ4v) is 1.12. The predicted octanol–water partition coefficient (Wildman–Crippen LogP) is 0.0469. The van der Waals surface area contributed by atoms with E-state index in [0.717, 1.165) is 6.42 Å². The third-order valence-corrected chi connectivity index (χ3v) is 2.11. The molecular weight excluding hydrogens is 184 g/mol. The van der Waals surface area contributed by atoms with E-state index in [-0.39, 0.29) is 31.5 Å². The van der Waals surface area contributed by atoms with Crippen molar-refractivity contribution < 1.29 is 14.7 Å². The van der Waals surface area contributed by atoms with Crippen LogP contribution < -0.4 is 5.73 Å². The van der Waals surface area contributed by atoms with Crippen molar-refractivity contribution >= 4 is 11.9 Å². The lowest BCUT2D eigenvalue weighted by molar-refractivity contribution is -0.146. The summed E-state index contributed by atoms with van der Waals surface area (Å²) in [6.07, 6.45) is 0.946. The van der Waals surface area contributed by atoms with Gasteiger partial charge in [0.2, 0.25) is 5.91 Å². The zero-order valence-electron chi connectivity index (χ0n) is 8.69. The Labute approximate surface area is 83.9 Å². The van der Waals surface area contributed by atoms with E-state index in [1.54, 1.807) is 0 Å². The van der Waals surface area contributed by atoms with Crippen molar-refractivity contribution in [3.8, 4) is 0 Å². The standard InChI is InChI=1S/C9H18N2O3/c1-3-7(2)11(6-9(13)14)8(12)4-5-10/h7H,3-6,10H2,1-2H3,(H,13,14). The molecule has 0 saturated carbocycles. The summed E-state index contributed by atoms with van der Waals surface area (Å²) in [5.41, 5.74) is 5.24. The van der Waals surface area contributed by atoms with Crippen LogP contribution in [0.2, 0.25) is 0 Å². The second-order valence-electron chi connectivity index (χ2n) is 3.21. The number of hydrogen-bond acceptors (Lipinski definition) is 3. The van der Waals surface area contributed by atoms with Crippen molar-refractivity contribution in [2.45, 2.75) is 32.7 Å². The minimum absolute atomic E-state index is 0.0508. The number of nitrogens with zero attached hydrogens (tertiary/aromatic N) is 1. The normalized spacial score (nSPS) is 12.2. The fourth-order valence-electron chi connectivity index (χ4n) is 1.12. The molecule has 5 nitrogen and oxygen atoms in total. The first-order valence-corrected chi connectivity index (χ1v) is 4.74. The molecule has 0 aromatic rings. The molecule has 0 aliphatic heterocycles. The molecule has 14 heavy (non-hydrogen) atoms. The maximum Gasteiger partial charge on any atom is 0.323 e. The van der Waals surface area contributed by atoms with Gasteiger partial charge in [-0.05, 0) is 13.3 Å². The Balaban J connectivity index is 4.37. The highest BCUT2D eigenvalue weighted by Crippen LogP contribution is 2.05. The molecule has 0 aliphatic carbocycles. The van der Waals surface area contributed by atoms with Crippen molar-refractivity contribution in [3.63, 3.8) is 0 Å². The molecule has 0 fully saturated rings. The lowest BCUT2D eigenvalue weighted by Crippen LogP contribution is -2.42. The third kappa shape index (κ3) is 4.23. The first-order chi connectivity index (χ1) is 6.52. The van der Waals surface area contributed by atoms with E-state index in [1.165, 1.54) is 4.90 Å². The minimum Gasteiger partial charge on any atom is -0.480 e. The second kappa shape index (κ2) is 6.37. The smallest absolute Gasteiger partial charge is 0.323 e. The molecule has 1 amide bonds. The van der Waals surface area contributed by atoms with Crippen molar-refractivity contribution in [2.24, 2.45) is 5.73 Å². The average Bonchev–Trinajstić information content (AvgIpc) is 2.13. The molecule has 0 bridgehead atoms. The van der Waals surface area contributed by atoms with Crippen LogP contribution in [0.3, 0.4) is 0 Å². The zero-order valence-corrected chi connectivity index (χ0v) is 8.69. The maximum atomic E-state index is 11.5. The average molecular weight is 202 g/mol. The summed E-state index contributed by atoms with van der Waals surface area (Å²) in [6, 6.07) is -0.0508. The summed E-state index contributed by atoms with van der Waals surface area (Å²) in [5.74, 6) is -1.18. The quantitative estimate of drug-likeness (QED) is 0.637. The van der Waals surface area contributed by atoms with E-state index in [0.29, 0.717) is 0 Å². The monoisotopic (exact) mass is 202 g/mol. The minimum atomic E-state index is -0.990. The van der Waals surface area contributed by atoms with Gasteiger partial charge in [0.1, 0.15) is 6.54 Å². The molecule has 0 heterocycles. The SMILES string of the molecule is CCC(C)N(CC(=O)O)C(=O)CCN. The second-order valence-corrected chi connectivity index (χ2v) is 3.21. The Morgan fingerprint density at radius 1 is 1.50 bits per heavy atom. The number of carboxylic acid groups (broad SMARTS) is 1. The molecule has 0 aromatic heterocycles. The van der Waals surface area contributed by atoms with Gasteiger partial charge in [0.05, 0.1) is 0 Å². The van der Waals surface area contributed by atoms with Crippen molar-refractivity contribution in [1.29, 1.82) is 0 Å². The summed E-state index contributed by atoms with van der Waals surface area (Å²) < 4.78 is 0. The molecule has 0 spiro atoms. The van der Waals surface area contributed by atoms with E-state index in [1.807, 2.05) is 13.8 Å². The summed E-state index contributed by atoms with van der Waals surface area (Å²) in [6.45, 7) is 3.76. The predicted molar refractivity (Wildman–Crippen MR) is 52.8 cm³/mol. The first-order valence-electron chi connectivity index (χ1n) is 4.74. The van der Waals surface area contributed by atoms with Crippen molar-refractivity contribution in [3.05, 3.63) is 0 Å². The topological polar surface area (TPSA) is 83.6 Å². The molecule has 3 N–H and O–H groups in total. The summed E-state index contributed by atoms with van der Waals surface area (Å²) in [4.78, 5) is 23.3. The van der Waals surface area contributed by atoms with Crippen LogP contribution >= 0.6 is 0 Å². The molecular formula is C9H18N2O3. The van der Waals surface area contributed by atoms with Gasteiger partial charge in [-0.25, -0.2) is 0 Å². The van der Waals surface area contributed by atoms with Crippen molar-refractivity contribution in [1.82, 2.24) is 4.90 Å². The van der Waals surface area contributed by atoms with Crippen LogP contribution in [0.25, 0.3) is 0 Å². The molecule has 5 heteroatoms. The fraction of sp³-hybridized carbons (Fsp3) is 0.778. The van der Waals surface area contributed by atoms with Crippen LogP contribution in [-0.4, -0.2) is 41.0 Å². The van der Waals surface area contributed by atoms with Gasteiger partial charge in [0, 0.05) is 19.0 Å². The summed E-state index contributed by atoms with van der Waals surface area (Å²) in [5, 5.41) is 8.62. The first kappa shape index (κ1) is 12.9. The van der Waals surface area contributed by atoms with Gasteiger partial charge in [-0.2, -0.15) is 0 Å². The number of amides is 1. The molecule has 1 atom stereocenters. The zero-order chi connectivity index (χ0) is 11.1. The molecule has 1 unspecified atom stereocenters. The van der Waals surface area contributed by atoms with Gasteiger partial charge < -0.3 is 15.7 Å². The van der Waals surface area contributed by atoms with E-state index >= 15 is 0 Å². The summed E-state index contributed by atoms with van der Waals surface area (Å²) in [7, 11) is 0. The number of rotatable bonds is 6. The van der Waals surface area contributed by atoms with Gasteiger partial charge >= 0.3 is 5.97 Å². The molecule has 0 saturated heterocycles. The van der Waals surface area contributed by atoms with Crippen LogP contribution in [0.1, 0.15) is 26.7 Å². The number of carbonyl (C=O) groups is 2. The molecule has 0 radical (unpaired) electrons. The highest BCUT2D eigenvalue weighted by Gasteiger charge is 2.20. The van der Waals surface area contributed by atoms with Gasteiger partial charge in [0.15, 0.2) is 0 Å². The van der Waals surface area contributed by atoms with Gasteiger partial charge in [-0.3, -0.25) is 9.59 Å². The van der Waals surface area contributed by atoms with Crippen LogP contribution in [0, 0.1) is 0 Å². The van der Waals surface area contributed by atoms with Gasteiger partial charge in [0.25, 0.3) is 0 Å². The van der Waals surface area contributed by atoms with Crippen LogP contribution in [-0.2, 0) is 9.59 Å². The number of aliphatic carboxylic acids is 1. The van der Waals surface area contributed by atoms with Crippen LogP contribution in [0.15, 0.2) is 0 Å². The Kier molecular flexibility index (Phi) is 5.87. The Hall–Kier alpha value is -1.10. The number of hydrogen-bond donors (Lipinski definition) is 2. The molecule has 0 rings (SSSR count).